The van der Waals surface area contributed by atoms with Gasteiger partial charge in [-0.3, -0.25) is 9.69 Å². The van der Waals surface area contributed by atoms with Gasteiger partial charge in [0.05, 0.1) is 4.91 Å². The van der Waals surface area contributed by atoms with Crippen molar-refractivity contribution in [3.05, 3.63) is 39.7 Å². The summed E-state index contributed by atoms with van der Waals surface area (Å²) < 4.78 is 0. The lowest BCUT2D eigenvalue weighted by Gasteiger charge is -2.30. The number of aliphatic imine (C=N–C) groups is 1. The number of amidine groups is 1. The summed E-state index contributed by atoms with van der Waals surface area (Å²) in [5, 5.41) is 10.4. The summed E-state index contributed by atoms with van der Waals surface area (Å²) in [7, 11) is 4.04. The van der Waals surface area contributed by atoms with Gasteiger partial charge in [-0.05, 0) is 55.3 Å². The van der Waals surface area contributed by atoms with Crippen LogP contribution in [0.25, 0.3) is 6.08 Å². The molecule has 2 heterocycles. The number of benzene rings is 1. The Balaban J connectivity index is 1.65. The predicted molar refractivity (Wildman–Crippen MR) is 122 cm³/mol. The molecule has 29 heavy (non-hydrogen) atoms. The maximum Gasteiger partial charge on any atom is 0.267 e. The van der Waals surface area contributed by atoms with Crippen LogP contribution >= 0.6 is 23.1 Å². The van der Waals surface area contributed by atoms with E-state index in [0.29, 0.717) is 10.0 Å². The van der Waals surface area contributed by atoms with Crippen LogP contribution in [0.4, 0.5) is 10.8 Å². The number of carbonyl (C=O) groups excluding carboxylic acids is 1. The Bertz CT molecular complexity index is 942. The van der Waals surface area contributed by atoms with Crippen LogP contribution < -0.4 is 4.90 Å². The van der Waals surface area contributed by atoms with Gasteiger partial charge in [0.15, 0.2) is 5.17 Å². The van der Waals surface area contributed by atoms with Gasteiger partial charge >= 0.3 is 0 Å². The van der Waals surface area contributed by atoms with Gasteiger partial charge in [-0.15, -0.1) is 10.2 Å². The predicted octanol–water partition coefficient (Wildman–Crippen LogP) is 4.85. The quantitative estimate of drug-likeness (QED) is 0.653. The van der Waals surface area contributed by atoms with Crippen LogP contribution in [0.3, 0.4) is 0 Å². The molecule has 2 aliphatic rings. The minimum Gasteiger partial charge on any atom is -0.378 e. The van der Waals surface area contributed by atoms with Gasteiger partial charge in [-0.1, -0.05) is 42.7 Å². The first kappa shape index (κ1) is 20.1. The molecule has 1 saturated carbocycles. The Kier molecular flexibility index (Phi) is 6.01. The largest absolute Gasteiger partial charge is 0.378 e. The van der Waals surface area contributed by atoms with Crippen molar-refractivity contribution in [1.29, 1.82) is 0 Å². The fourth-order valence-electron chi connectivity index (χ4n) is 3.66. The molecule has 0 radical (unpaired) electrons. The first-order valence-corrected chi connectivity index (χ1v) is 11.5. The van der Waals surface area contributed by atoms with Crippen molar-refractivity contribution in [3.63, 3.8) is 0 Å². The van der Waals surface area contributed by atoms with Crippen molar-refractivity contribution in [2.24, 2.45) is 4.99 Å². The molecule has 2 fully saturated rings. The number of rotatable bonds is 4. The maximum atomic E-state index is 13.3. The van der Waals surface area contributed by atoms with Gasteiger partial charge in [0, 0.05) is 25.8 Å². The lowest BCUT2D eigenvalue weighted by Crippen LogP contribution is -2.40. The van der Waals surface area contributed by atoms with E-state index in [-0.39, 0.29) is 11.9 Å². The molecule has 0 unspecified atom stereocenters. The van der Waals surface area contributed by atoms with Crippen molar-refractivity contribution in [1.82, 2.24) is 15.1 Å². The van der Waals surface area contributed by atoms with Gasteiger partial charge in [-0.25, -0.2) is 0 Å². The second-order valence-electron chi connectivity index (χ2n) is 7.56. The Hall–Kier alpha value is -2.19. The summed E-state index contributed by atoms with van der Waals surface area (Å²) in [6, 6.07) is 8.44. The fourth-order valence-corrected chi connectivity index (χ4v) is 5.32. The molecule has 1 aliphatic heterocycles. The zero-order valence-corrected chi connectivity index (χ0v) is 18.6. The van der Waals surface area contributed by atoms with E-state index in [9.17, 15) is 4.79 Å². The number of hydrogen-bond donors (Lipinski definition) is 0. The van der Waals surface area contributed by atoms with E-state index < -0.39 is 0 Å². The van der Waals surface area contributed by atoms with Crippen molar-refractivity contribution in [2.45, 2.75) is 45.1 Å². The van der Waals surface area contributed by atoms with Crippen LogP contribution in [0.1, 0.15) is 42.7 Å². The molecule has 0 spiro atoms. The Morgan fingerprint density at radius 3 is 2.48 bits per heavy atom. The first-order chi connectivity index (χ1) is 14.0. The monoisotopic (exact) mass is 427 g/mol. The maximum absolute atomic E-state index is 13.3. The van der Waals surface area contributed by atoms with Crippen molar-refractivity contribution in [3.8, 4) is 0 Å². The van der Waals surface area contributed by atoms with Crippen LogP contribution in [-0.4, -0.2) is 46.3 Å². The molecular weight excluding hydrogens is 402 g/mol. The number of aromatic nitrogens is 2. The molecule has 0 atom stereocenters. The number of thioether (sulfide) groups is 1. The molecule has 1 aliphatic carbocycles. The molecule has 152 valence electrons. The molecule has 1 aromatic heterocycles. The molecule has 8 heteroatoms. The van der Waals surface area contributed by atoms with Crippen LogP contribution in [-0.2, 0) is 4.79 Å². The van der Waals surface area contributed by atoms with E-state index in [2.05, 4.69) is 27.2 Å². The molecule has 1 aromatic carbocycles. The lowest BCUT2D eigenvalue weighted by atomic mass is 9.94. The van der Waals surface area contributed by atoms with E-state index in [1.807, 2.05) is 44.1 Å². The van der Waals surface area contributed by atoms with E-state index in [1.54, 1.807) is 0 Å². The average Bonchev–Trinajstić information content (AvgIpc) is 3.26. The second-order valence-corrected chi connectivity index (χ2v) is 9.73. The summed E-state index contributed by atoms with van der Waals surface area (Å²) in [6.07, 6.45) is 7.60. The Morgan fingerprint density at radius 2 is 1.86 bits per heavy atom. The van der Waals surface area contributed by atoms with E-state index in [4.69, 9.17) is 4.99 Å². The van der Waals surface area contributed by atoms with Gasteiger partial charge in [0.25, 0.3) is 5.91 Å². The van der Waals surface area contributed by atoms with E-state index in [0.717, 1.165) is 47.1 Å². The fraction of sp³-hybridized carbons (Fsp3) is 0.429. The third kappa shape index (κ3) is 4.53. The summed E-state index contributed by atoms with van der Waals surface area (Å²) in [5.41, 5.74) is 2.15. The smallest absolute Gasteiger partial charge is 0.267 e. The standard InChI is InChI=1S/C21H25N5OS2/c1-14-23-24-20(28-14)22-21-26(17-7-5-4-6-8-17)19(27)18(29-21)13-15-9-11-16(12-10-15)25(2)3/h9-13,17H,4-8H2,1-3H3/b18-13-,22-21+. The van der Waals surface area contributed by atoms with Crippen LogP contribution in [0.15, 0.2) is 34.2 Å². The molecule has 1 amide bonds. The number of anilines is 1. The SMILES string of the molecule is Cc1nnc(/N=C2/S/C(=C\c3ccc(N(C)C)cc3)C(=O)N2C2CCCCC2)s1. The van der Waals surface area contributed by atoms with Gasteiger partial charge < -0.3 is 4.90 Å². The molecule has 4 rings (SSSR count). The highest BCUT2D eigenvalue weighted by molar-refractivity contribution is 8.18. The van der Waals surface area contributed by atoms with Crippen LogP contribution in [0.5, 0.6) is 0 Å². The molecule has 6 nitrogen and oxygen atoms in total. The van der Waals surface area contributed by atoms with Crippen LogP contribution in [0, 0.1) is 6.92 Å². The highest BCUT2D eigenvalue weighted by Gasteiger charge is 2.38. The number of nitrogens with zero attached hydrogens (tertiary/aromatic N) is 5. The molecule has 1 saturated heterocycles. The highest BCUT2D eigenvalue weighted by atomic mass is 32.2. The number of carbonyl (C=O) groups is 1. The lowest BCUT2D eigenvalue weighted by molar-refractivity contribution is -0.124. The number of hydrogen-bond acceptors (Lipinski definition) is 7. The third-order valence-corrected chi connectivity index (χ3v) is 6.91. The second kappa shape index (κ2) is 8.67. The van der Waals surface area contributed by atoms with Crippen molar-refractivity contribution >= 4 is 51.1 Å². The normalized spacial score (nSPS) is 20.8. The number of amides is 1. The zero-order chi connectivity index (χ0) is 20.4. The first-order valence-electron chi connectivity index (χ1n) is 9.90. The van der Waals surface area contributed by atoms with E-state index in [1.165, 1.54) is 29.5 Å². The summed E-state index contributed by atoms with van der Waals surface area (Å²) in [5.74, 6) is 0.0542. The summed E-state index contributed by atoms with van der Waals surface area (Å²) in [4.78, 5) is 22.7. The van der Waals surface area contributed by atoms with Gasteiger partial charge in [-0.2, -0.15) is 4.99 Å². The van der Waals surface area contributed by atoms with Gasteiger partial charge in [0.1, 0.15) is 5.01 Å². The van der Waals surface area contributed by atoms with E-state index >= 15 is 0 Å². The molecule has 0 bridgehead atoms. The molecule has 0 N–H and O–H groups in total. The minimum atomic E-state index is 0.0542. The van der Waals surface area contributed by atoms with Crippen molar-refractivity contribution < 1.29 is 4.79 Å². The van der Waals surface area contributed by atoms with Gasteiger partial charge in [0.2, 0.25) is 5.13 Å². The Labute approximate surface area is 179 Å². The highest BCUT2D eigenvalue weighted by Crippen LogP contribution is 2.38. The number of aryl methyl sites for hydroxylation is 1. The molecule has 2 aromatic rings. The topological polar surface area (TPSA) is 61.7 Å². The third-order valence-electron chi connectivity index (χ3n) is 5.19. The average molecular weight is 428 g/mol. The Morgan fingerprint density at radius 1 is 1.14 bits per heavy atom. The molecular formula is C21H25N5OS2. The summed E-state index contributed by atoms with van der Waals surface area (Å²) >= 11 is 2.89. The minimum absolute atomic E-state index is 0.0542. The van der Waals surface area contributed by atoms with Crippen LogP contribution in [0.2, 0.25) is 0 Å². The summed E-state index contributed by atoms with van der Waals surface area (Å²) in [6.45, 7) is 1.91. The van der Waals surface area contributed by atoms with Crippen molar-refractivity contribution in [2.75, 3.05) is 19.0 Å². The zero-order valence-electron chi connectivity index (χ0n) is 17.0.